The van der Waals surface area contributed by atoms with Gasteiger partial charge in [-0.3, -0.25) is 9.59 Å². The van der Waals surface area contributed by atoms with Crippen LogP contribution in [-0.4, -0.2) is 58.5 Å². The number of hydrogen-bond donors (Lipinski definition) is 1. The van der Waals surface area contributed by atoms with Crippen LogP contribution in [0.1, 0.15) is 17.3 Å². The molecule has 3 rings (SSSR count). The van der Waals surface area contributed by atoms with Gasteiger partial charge in [0.25, 0.3) is 0 Å². The quantitative estimate of drug-likeness (QED) is 0.649. The molecule has 0 bridgehead atoms. The lowest BCUT2D eigenvalue weighted by Crippen LogP contribution is -2.46. The van der Waals surface area contributed by atoms with Crippen LogP contribution in [0, 0.1) is 0 Å². The standard InChI is InChI=1S/C16H18N6O2/c1-12(24)13-3-2-4-14(9-13)18-15-10-17-20-16(19-15)22-7-5-21(11-23)6-8-22/h2-4,9-11H,5-8H2,1H3,(H,18,19,20). The smallest absolute Gasteiger partial charge is 0.247 e. The highest BCUT2D eigenvalue weighted by molar-refractivity contribution is 5.95. The van der Waals surface area contributed by atoms with Crippen molar-refractivity contribution in [3.05, 3.63) is 36.0 Å². The summed E-state index contributed by atoms with van der Waals surface area (Å²) in [4.78, 5) is 30.4. The van der Waals surface area contributed by atoms with Crippen LogP contribution in [-0.2, 0) is 4.79 Å². The number of hydrogen-bond acceptors (Lipinski definition) is 7. The molecule has 0 radical (unpaired) electrons. The number of nitrogens with zero attached hydrogens (tertiary/aromatic N) is 5. The first kappa shape index (κ1) is 15.9. The lowest BCUT2D eigenvalue weighted by atomic mass is 10.1. The molecule has 0 spiro atoms. The van der Waals surface area contributed by atoms with Crippen LogP contribution < -0.4 is 10.2 Å². The van der Waals surface area contributed by atoms with Crippen LogP contribution in [0.5, 0.6) is 0 Å². The van der Waals surface area contributed by atoms with E-state index in [4.69, 9.17) is 0 Å². The number of Topliss-reactive ketones (excluding diaryl/α,β-unsaturated/α-hetero) is 1. The summed E-state index contributed by atoms with van der Waals surface area (Å²) < 4.78 is 0. The summed E-state index contributed by atoms with van der Waals surface area (Å²) in [5, 5.41) is 11.2. The van der Waals surface area contributed by atoms with Crippen molar-refractivity contribution in [2.24, 2.45) is 0 Å². The van der Waals surface area contributed by atoms with E-state index in [0.29, 0.717) is 43.5 Å². The lowest BCUT2D eigenvalue weighted by molar-refractivity contribution is -0.118. The van der Waals surface area contributed by atoms with Crippen LogP contribution in [0.15, 0.2) is 30.5 Å². The topological polar surface area (TPSA) is 91.3 Å². The van der Waals surface area contributed by atoms with Crippen molar-refractivity contribution in [3.63, 3.8) is 0 Å². The second kappa shape index (κ2) is 7.03. The minimum atomic E-state index is 0.00759. The maximum Gasteiger partial charge on any atom is 0.247 e. The van der Waals surface area contributed by atoms with Crippen molar-refractivity contribution in [2.45, 2.75) is 6.92 Å². The van der Waals surface area contributed by atoms with Gasteiger partial charge in [0.15, 0.2) is 11.6 Å². The summed E-state index contributed by atoms with van der Waals surface area (Å²) >= 11 is 0. The summed E-state index contributed by atoms with van der Waals surface area (Å²) in [5.74, 6) is 1.08. The Labute approximate surface area is 139 Å². The maximum absolute atomic E-state index is 11.5. The highest BCUT2D eigenvalue weighted by atomic mass is 16.1. The normalized spacial score (nSPS) is 14.4. The Balaban J connectivity index is 1.73. The molecular weight excluding hydrogens is 308 g/mol. The Bertz CT molecular complexity index is 743. The first-order valence-corrected chi connectivity index (χ1v) is 7.68. The Morgan fingerprint density at radius 2 is 2.04 bits per heavy atom. The molecule has 1 fully saturated rings. The van der Waals surface area contributed by atoms with Crippen molar-refractivity contribution < 1.29 is 9.59 Å². The van der Waals surface area contributed by atoms with Gasteiger partial charge in [-0.2, -0.15) is 10.1 Å². The van der Waals surface area contributed by atoms with Crippen molar-refractivity contribution >= 4 is 29.6 Å². The zero-order valence-electron chi connectivity index (χ0n) is 13.3. The van der Waals surface area contributed by atoms with E-state index in [1.165, 1.54) is 13.1 Å². The molecule has 0 unspecified atom stereocenters. The number of amides is 1. The van der Waals surface area contributed by atoms with E-state index in [0.717, 1.165) is 12.1 Å². The minimum Gasteiger partial charge on any atom is -0.342 e. The predicted molar refractivity (Wildman–Crippen MR) is 89.4 cm³/mol. The summed E-state index contributed by atoms with van der Waals surface area (Å²) in [5.41, 5.74) is 1.40. The maximum atomic E-state index is 11.5. The predicted octanol–water partition coefficient (Wildman–Crippen LogP) is 1.10. The average molecular weight is 326 g/mol. The Morgan fingerprint density at radius 1 is 1.25 bits per heavy atom. The van der Waals surface area contributed by atoms with Crippen LogP contribution in [0.3, 0.4) is 0 Å². The van der Waals surface area contributed by atoms with E-state index < -0.39 is 0 Å². The largest absolute Gasteiger partial charge is 0.342 e. The summed E-state index contributed by atoms with van der Waals surface area (Å²) in [6.07, 6.45) is 2.39. The van der Waals surface area contributed by atoms with Crippen molar-refractivity contribution in [2.75, 3.05) is 36.4 Å². The number of ketones is 1. The molecule has 0 aliphatic carbocycles. The third-order valence-corrected chi connectivity index (χ3v) is 3.84. The number of piperazine rings is 1. The number of carbonyl (C=O) groups is 2. The summed E-state index contributed by atoms with van der Waals surface area (Å²) in [6.45, 7) is 4.16. The third-order valence-electron chi connectivity index (χ3n) is 3.84. The van der Waals surface area contributed by atoms with Gasteiger partial charge in [0.1, 0.15) is 0 Å². The van der Waals surface area contributed by atoms with Gasteiger partial charge < -0.3 is 15.1 Å². The fourth-order valence-corrected chi connectivity index (χ4v) is 2.48. The number of benzene rings is 1. The molecule has 2 heterocycles. The molecule has 2 aromatic rings. The van der Waals surface area contributed by atoms with Crippen LogP contribution in [0.2, 0.25) is 0 Å². The number of nitrogens with one attached hydrogen (secondary N) is 1. The van der Waals surface area contributed by atoms with Crippen LogP contribution >= 0.6 is 0 Å². The molecule has 1 aliphatic rings. The number of rotatable bonds is 5. The van der Waals surface area contributed by atoms with E-state index in [9.17, 15) is 9.59 Å². The molecule has 1 saturated heterocycles. The van der Waals surface area contributed by atoms with Gasteiger partial charge in [-0.15, -0.1) is 5.10 Å². The summed E-state index contributed by atoms with van der Waals surface area (Å²) in [6, 6.07) is 7.21. The molecule has 1 aromatic carbocycles. The average Bonchev–Trinajstić information content (AvgIpc) is 2.62. The van der Waals surface area contributed by atoms with Gasteiger partial charge in [-0.25, -0.2) is 0 Å². The van der Waals surface area contributed by atoms with E-state index >= 15 is 0 Å². The molecular formula is C16H18N6O2. The molecule has 0 atom stereocenters. The molecule has 8 nitrogen and oxygen atoms in total. The number of carbonyl (C=O) groups excluding carboxylic acids is 2. The second-order valence-corrected chi connectivity index (χ2v) is 5.53. The number of aromatic nitrogens is 3. The van der Waals surface area contributed by atoms with Gasteiger partial charge in [-0.1, -0.05) is 12.1 Å². The zero-order valence-corrected chi connectivity index (χ0v) is 13.3. The van der Waals surface area contributed by atoms with Gasteiger partial charge in [-0.05, 0) is 19.1 Å². The highest BCUT2D eigenvalue weighted by Gasteiger charge is 2.18. The Kier molecular flexibility index (Phi) is 4.64. The SMILES string of the molecule is CC(=O)c1cccc(Nc2cnnc(N3CCN(C=O)CC3)n2)c1. The lowest BCUT2D eigenvalue weighted by Gasteiger charge is -2.32. The molecule has 8 heteroatoms. The molecule has 1 aromatic heterocycles. The summed E-state index contributed by atoms with van der Waals surface area (Å²) in [7, 11) is 0. The van der Waals surface area contributed by atoms with E-state index in [1.54, 1.807) is 17.0 Å². The van der Waals surface area contributed by atoms with Gasteiger partial charge >= 0.3 is 0 Å². The Hall–Kier alpha value is -3.03. The second-order valence-electron chi connectivity index (χ2n) is 5.53. The molecule has 1 N–H and O–H groups in total. The minimum absolute atomic E-state index is 0.00759. The van der Waals surface area contributed by atoms with Crippen LogP contribution in [0.25, 0.3) is 0 Å². The van der Waals surface area contributed by atoms with Crippen LogP contribution in [0.4, 0.5) is 17.5 Å². The molecule has 0 saturated carbocycles. The fraction of sp³-hybridized carbons (Fsp3) is 0.312. The Morgan fingerprint density at radius 3 is 2.75 bits per heavy atom. The molecule has 1 amide bonds. The zero-order chi connectivity index (χ0) is 16.9. The first-order chi connectivity index (χ1) is 11.7. The third kappa shape index (κ3) is 3.65. The first-order valence-electron chi connectivity index (χ1n) is 7.68. The molecule has 1 aliphatic heterocycles. The fourth-order valence-electron chi connectivity index (χ4n) is 2.48. The van der Waals surface area contributed by atoms with Gasteiger partial charge in [0.2, 0.25) is 12.4 Å². The van der Waals surface area contributed by atoms with Gasteiger partial charge in [0, 0.05) is 37.4 Å². The van der Waals surface area contributed by atoms with E-state index in [1.807, 2.05) is 17.0 Å². The molecule has 24 heavy (non-hydrogen) atoms. The monoisotopic (exact) mass is 326 g/mol. The molecule has 124 valence electrons. The van der Waals surface area contributed by atoms with Crippen molar-refractivity contribution in [1.29, 1.82) is 0 Å². The van der Waals surface area contributed by atoms with E-state index in [-0.39, 0.29) is 5.78 Å². The van der Waals surface area contributed by atoms with E-state index in [2.05, 4.69) is 20.5 Å². The van der Waals surface area contributed by atoms with Gasteiger partial charge in [0.05, 0.1) is 6.20 Å². The number of anilines is 3. The van der Waals surface area contributed by atoms with Crippen molar-refractivity contribution in [1.82, 2.24) is 20.1 Å². The van der Waals surface area contributed by atoms with Crippen molar-refractivity contribution in [3.8, 4) is 0 Å². The highest BCUT2D eigenvalue weighted by Crippen LogP contribution is 2.18.